The summed E-state index contributed by atoms with van der Waals surface area (Å²) in [5, 5.41) is 15.3. The van der Waals surface area contributed by atoms with Crippen molar-refractivity contribution < 1.29 is 19.2 Å². The fourth-order valence-electron chi connectivity index (χ4n) is 4.04. The fourth-order valence-corrected chi connectivity index (χ4v) is 4.04. The Kier molecular flexibility index (Phi) is 12.5. The van der Waals surface area contributed by atoms with Crippen molar-refractivity contribution in [3.8, 4) is 11.5 Å². The molecule has 3 aromatic rings. The number of nitro benzene ring substituents is 1. The lowest BCUT2D eigenvalue weighted by Gasteiger charge is -2.09. The SMILES string of the molecule is CCCCCCCCCCOc1ccc(C(=O)N/N=C/c2ccccc2OCc2ccccc2[N+](=O)[O-])cc1. The van der Waals surface area contributed by atoms with E-state index in [1.165, 1.54) is 57.2 Å². The maximum atomic E-state index is 12.5. The lowest BCUT2D eigenvalue weighted by Crippen LogP contribution is -2.17. The van der Waals surface area contributed by atoms with E-state index < -0.39 is 4.92 Å². The van der Waals surface area contributed by atoms with Gasteiger partial charge in [0.25, 0.3) is 11.6 Å². The van der Waals surface area contributed by atoms with Gasteiger partial charge in [-0.3, -0.25) is 14.9 Å². The number of para-hydroxylation sites is 2. The van der Waals surface area contributed by atoms with E-state index in [0.717, 1.165) is 12.2 Å². The predicted molar refractivity (Wildman–Crippen MR) is 153 cm³/mol. The molecule has 0 aliphatic carbocycles. The Hall–Kier alpha value is -4.20. The Morgan fingerprint density at radius 2 is 1.54 bits per heavy atom. The maximum absolute atomic E-state index is 12.5. The monoisotopic (exact) mass is 531 g/mol. The second kappa shape index (κ2) is 16.6. The number of hydrogen-bond acceptors (Lipinski definition) is 6. The third-order valence-electron chi connectivity index (χ3n) is 6.24. The molecule has 3 rings (SSSR count). The molecule has 0 fully saturated rings. The van der Waals surface area contributed by atoms with Gasteiger partial charge in [0.1, 0.15) is 18.1 Å². The number of hydrogen-bond donors (Lipinski definition) is 1. The van der Waals surface area contributed by atoms with Crippen LogP contribution in [-0.2, 0) is 6.61 Å². The summed E-state index contributed by atoms with van der Waals surface area (Å²) in [7, 11) is 0. The summed E-state index contributed by atoms with van der Waals surface area (Å²) >= 11 is 0. The summed E-state index contributed by atoms with van der Waals surface area (Å²) in [6.45, 7) is 2.93. The Bertz CT molecular complexity index is 1210. The zero-order valence-corrected chi connectivity index (χ0v) is 22.5. The first-order chi connectivity index (χ1) is 19.1. The van der Waals surface area contributed by atoms with Crippen molar-refractivity contribution >= 4 is 17.8 Å². The highest BCUT2D eigenvalue weighted by Crippen LogP contribution is 2.22. The predicted octanol–water partition coefficient (Wildman–Crippen LogP) is 7.46. The van der Waals surface area contributed by atoms with Crippen molar-refractivity contribution in [3.63, 3.8) is 0 Å². The van der Waals surface area contributed by atoms with E-state index in [1.54, 1.807) is 60.7 Å². The van der Waals surface area contributed by atoms with E-state index in [4.69, 9.17) is 9.47 Å². The van der Waals surface area contributed by atoms with Crippen LogP contribution in [0.1, 0.15) is 79.8 Å². The molecule has 8 nitrogen and oxygen atoms in total. The van der Waals surface area contributed by atoms with Gasteiger partial charge in [-0.1, -0.05) is 76.1 Å². The molecule has 0 aliphatic heterocycles. The first-order valence-electron chi connectivity index (χ1n) is 13.6. The van der Waals surface area contributed by atoms with Crippen molar-refractivity contribution in [3.05, 3.63) is 99.6 Å². The van der Waals surface area contributed by atoms with E-state index >= 15 is 0 Å². The van der Waals surface area contributed by atoms with E-state index in [2.05, 4.69) is 17.5 Å². The molecular weight excluding hydrogens is 494 g/mol. The van der Waals surface area contributed by atoms with Crippen molar-refractivity contribution in [1.29, 1.82) is 0 Å². The number of hydrazone groups is 1. The van der Waals surface area contributed by atoms with Crippen LogP contribution in [-0.4, -0.2) is 23.7 Å². The fraction of sp³-hybridized carbons (Fsp3) is 0.355. The van der Waals surface area contributed by atoms with Crippen LogP contribution < -0.4 is 14.9 Å². The third-order valence-corrected chi connectivity index (χ3v) is 6.24. The standard InChI is InChI=1S/C31H37N3O5/c1-2-3-4-5-6-7-8-13-22-38-28-20-18-25(19-21-28)31(35)33-32-23-26-14-10-12-17-30(26)39-24-27-15-9-11-16-29(27)34(36)37/h9-12,14-21,23H,2-8,13,22,24H2,1H3,(H,33,35)/b32-23+. The molecule has 39 heavy (non-hydrogen) atoms. The van der Waals surface area contributed by atoms with Crippen molar-refractivity contribution in [2.75, 3.05) is 6.61 Å². The molecule has 0 saturated heterocycles. The Labute approximate surface area is 230 Å². The first-order valence-corrected chi connectivity index (χ1v) is 13.6. The number of nitrogens with zero attached hydrogens (tertiary/aromatic N) is 2. The van der Waals surface area contributed by atoms with Gasteiger partial charge in [0.2, 0.25) is 0 Å². The highest BCUT2D eigenvalue weighted by molar-refractivity contribution is 5.95. The Balaban J connectivity index is 1.43. The number of benzene rings is 3. The molecule has 0 atom stereocenters. The summed E-state index contributed by atoms with van der Waals surface area (Å²) in [6.07, 6.45) is 11.5. The number of rotatable bonds is 17. The minimum atomic E-state index is -0.433. The Morgan fingerprint density at radius 3 is 2.28 bits per heavy atom. The smallest absolute Gasteiger partial charge is 0.276 e. The molecule has 1 amide bonds. The minimum Gasteiger partial charge on any atom is -0.494 e. The number of unbranched alkanes of at least 4 members (excludes halogenated alkanes) is 7. The van der Waals surface area contributed by atoms with Gasteiger partial charge in [0, 0.05) is 17.2 Å². The molecule has 0 aliphatic rings. The second-order valence-electron chi connectivity index (χ2n) is 9.26. The number of carbonyl (C=O) groups excluding carboxylic acids is 1. The molecule has 0 aromatic heterocycles. The van der Waals surface area contributed by atoms with Crippen LogP contribution in [0.25, 0.3) is 0 Å². The number of ether oxygens (including phenoxy) is 2. The molecule has 3 aromatic carbocycles. The van der Waals surface area contributed by atoms with Crippen molar-refractivity contribution in [2.45, 2.75) is 64.9 Å². The molecule has 0 heterocycles. The van der Waals surface area contributed by atoms with Crippen LogP contribution in [0.15, 0.2) is 77.9 Å². The van der Waals surface area contributed by atoms with Crippen LogP contribution in [0.2, 0.25) is 0 Å². The molecule has 1 N–H and O–H groups in total. The van der Waals surface area contributed by atoms with Gasteiger partial charge in [-0.25, -0.2) is 5.43 Å². The summed E-state index contributed by atoms with van der Waals surface area (Å²) in [6, 6.07) is 20.6. The summed E-state index contributed by atoms with van der Waals surface area (Å²) in [5.41, 5.74) is 4.08. The lowest BCUT2D eigenvalue weighted by molar-refractivity contribution is -0.385. The van der Waals surface area contributed by atoms with Gasteiger partial charge >= 0.3 is 0 Å². The average Bonchev–Trinajstić information content (AvgIpc) is 2.96. The quantitative estimate of drug-likeness (QED) is 0.0843. The number of amides is 1. The molecule has 206 valence electrons. The molecule has 8 heteroatoms. The Morgan fingerprint density at radius 1 is 0.872 bits per heavy atom. The molecule has 0 unspecified atom stereocenters. The largest absolute Gasteiger partial charge is 0.494 e. The number of nitro groups is 1. The van der Waals surface area contributed by atoms with E-state index in [-0.39, 0.29) is 18.2 Å². The van der Waals surface area contributed by atoms with Crippen LogP contribution in [0, 0.1) is 10.1 Å². The van der Waals surface area contributed by atoms with Crippen LogP contribution in [0.3, 0.4) is 0 Å². The zero-order valence-electron chi connectivity index (χ0n) is 22.5. The van der Waals surface area contributed by atoms with Crippen molar-refractivity contribution in [2.24, 2.45) is 5.10 Å². The lowest BCUT2D eigenvalue weighted by atomic mass is 10.1. The molecular formula is C31H37N3O5. The van der Waals surface area contributed by atoms with E-state index in [1.807, 2.05) is 6.07 Å². The number of nitrogens with one attached hydrogen (secondary N) is 1. The van der Waals surface area contributed by atoms with Gasteiger partial charge in [0.15, 0.2) is 0 Å². The van der Waals surface area contributed by atoms with Crippen LogP contribution >= 0.6 is 0 Å². The molecule has 0 spiro atoms. The van der Waals surface area contributed by atoms with E-state index in [0.29, 0.717) is 29.0 Å². The zero-order chi connectivity index (χ0) is 27.7. The minimum absolute atomic E-state index is 0.000460. The van der Waals surface area contributed by atoms with Crippen molar-refractivity contribution in [1.82, 2.24) is 5.43 Å². The first kappa shape index (κ1) is 29.4. The normalized spacial score (nSPS) is 10.9. The van der Waals surface area contributed by atoms with Gasteiger partial charge < -0.3 is 9.47 Å². The van der Waals surface area contributed by atoms with Gasteiger partial charge in [-0.15, -0.1) is 0 Å². The highest BCUT2D eigenvalue weighted by atomic mass is 16.6. The van der Waals surface area contributed by atoms with Crippen LogP contribution in [0.4, 0.5) is 5.69 Å². The van der Waals surface area contributed by atoms with Gasteiger partial charge in [-0.2, -0.15) is 5.10 Å². The maximum Gasteiger partial charge on any atom is 0.276 e. The highest BCUT2D eigenvalue weighted by Gasteiger charge is 2.13. The molecule has 0 saturated carbocycles. The van der Waals surface area contributed by atoms with Gasteiger partial charge in [0.05, 0.1) is 23.3 Å². The summed E-state index contributed by atoms with van der Waals surface area (Å²) < 4.78 is 11.6. The third kappa shape index (κ3) is 10.2. The van der Waals surface area contributed by atoms with Crippen LogP contribution in [0.5, 0.6) is 11.5 Å². The topological polar surface area (TPSA) is 103 Å². The number of carbonyl (C=O) groups is 1. The van der Waals surface area contributed by atoms with Gasteiger partial charge in [-0.05, 0) is 48.9 Å². The molecule has 0 radical (unpaired) electrons. The average molecular weight is 532 g/mol. The molecule has 0 bridgehead atoms. The second-order valence-corrected chi connectivity index (χ2v) is 9.26. The van der Waals surface area contributed by atoms with E-state index in [9.17, 15) is 14.9 Å². The summed E-state index contributed by atoms with van der Waals surface area (Å²) in [5.74, 6) is 0.883. The summed E-state index contributed by atoms with van der Waals surface area (Å²) in [4.78, 5) is 23.3.